The molecule has 0 aliphatic heterocycles. The molecule has 0 heterocycles. The molecule has 0 bridgehead atoms. The van der Waals surface area contributed by atoms with Gasteiger partial charge in [0.1, 0.15) is 5.82 Å². The first kappa shape index (κ1) is 12.8. The topological polar surface area (TPSA) is 20.2 Å². The second-order valence-corrected chi connectivity index (χ2v) is 5.86. The summed E-state index contributed by atoms with van der Waals surface area (Å²) in [7, 11) is 0. The summed E-state index contributed by atoms with van der Waals surface area (Å²) in [6.45, 7) is 0. The lowest BCUT2D eigenvalue weighted by atomic mass is 10.0. The quantitative estimate of drug-likeness (QED) is 0.887. The van der Waals surface area contributed by atoms with Crippen LogP contribution in [-0.2, 0) is 0 Å². The number of rotatable bonds is 3. The van der Waals surface area contributed by atoms with E-state index in [2.05, 4.69) is 28.1 Å². The van der Waals surface area contributed by atoms with Gasteiger partial charge in [-0.2, -0.15) is 0 Å². The van der Waals surface area contributed by atoms with Gasteiger partial charge in [-0.05, 0) is 45.8 Å². The summed E-state index contributed by atoms with van der Waals surface area (Å²) >= 11 is 3.16. The molecule has 2 aromatic rings. The van der Waals surface area contributed by atoms with Gasteiger partial charge in [0.15, 0.2) is 0 Å². The van der Waals surface area contributed by atoms with Gasteiger partial charge in [-0.25, -0.2) is 4.39 Å². The van der Waals surface area contributed by atoms with Crippen molar-refractivity contribution in [3.63, 3.8) is 0 Å². The molecule has 1 aliphatic carbocycles. The summed E-state index contributed by atoms with van der Waals surface area (Å²) < 4.78 is 14.4. The Balaban J connectivity index is 1.80. The molecule has 0 aromatic heterocycles. The molecule has 3 atom stereocenters. The molecule has 2 aromatic carbocycles. The van der Waals surface area contributed by atoms with Gasteiger partial charge >= 0.3 is 0 Å². The Hall–Kier alpha value is -1.19. The first-order chi connectivity index (χ1) is 9.18. The minimum atomic E-state index is -0.734. The molecule has 19 heavy (non-hydrogen) atoms. The smallest absolute Gasteiger partial charge is 0.143 e. The van der Waals surface area contributed by atoms with Crippen molar-refractivity contribution in [3.8, 4) is 0 Å². The third-order valence-electron chi connectivity index (χ3n) is 3.77. The van der Waals surface area contributed by atoms with Gasteiger partial charge in [0, 0.05) is 5.56 Å². The van der Waals surface area contributed by atoms with E-state index in [1.54, 1.807) is 18.2 Å². The summed E-state index contributed by atoms with van der Waals surface area (Å²) in [6, 6.07) is 15.2. The zero-order chi connectivity index (χ0) is 13.4. The van der Waals surface area contributed by atoms with E-state index in [1.165, 1.54) is 5.56 Å². The molecule has 0 radical (unpaired) electrons. The van der Waals surface area contributed by atoms with E-state index in [-0.39, 0.29) is 11.7 Å². The van der Waals surface area contributed by atoms with Gasteiger partial charge in [0.25, 0.3) is 0 Å². The molecular weight excluding hydrogens is 307 g/mol. The molecule has 1 nitrogen and oxygen atoms in total. The fourth-order valence-corrected chi connectivity index (χ4v) is 3.01. The second kappa shape index (κ2) is 5.06. The van der Waals surface area contributed by atoms with Crippen LogP contribution in [0.5, 0.6) is 0 Å². The number of aliphatic hydroxyl groups excluding tert-OH is 1. The molecule has 0 amide bonds. The largest absolute Gasteiger partial charge is 0.388 e. The normalized spacial score (nSPS) is 23.1. The van der Waals surface area contributed by atoms with Crippen molar-refractivity contribution in [2.24, 2.45) is 5.92 Å². The molecule has 1 aliphatic rings. The van der Waals surface area contributed by atoms with E-state index < -0.39 is 6.10 Å². The molecule has 1 fully saturated rings. The first-order valence-corrected chi connectivity index (χ1v) is 7.14. The Bertz CT molecular complexity index is 585. The van der Waals surface area contributed by atoms with Gasteiger partial charge in [0.2, 0.25) is 0 Å². The molecular formula is C16H14BrFO. The fraction of sp³-hybridized carbons (Fsp3) is 0.250. The van der Waals surface area contributed by atoms with Crippen LogP contribution in [-0.4, -0.2) is 5.11 Å². The van der Waals surface area contributed by atoms with Crippen molar-refractivity contribution in [1.29, 1.82) is 0 Å². The zero-order valence-electron chi connectivity index (χ0n) is 10.3. The lowest BCUT2D eigenvalue weighted by Crippen LogP contribution is -2.04. The third-order valence-corrected chi connectivity index (χ3v) is 4.39. The van der Waals surface area contributed by atoms with E-state index in [4.69, 9.17) is 0 Å². The van der Waals surface area contributed by atoms with Crippen LogP contribution in [0.4, 0.5) is 4.39 Å². The standard InChI is InChI=1S/C16H14BrFO/c17-14-8-4-7-11(15(14)18)16(19)13-9-12(13)10-5-2-1-3-6-10/h1-8,12-13,16,19H,9H2. The molecule has 3 heteroatoms. The van der Waals surface area contributed by atoms with Crippen molar-refractivity contribution >= 4 is 15.9 Å². The van der Waals surface area contributed by atoms with Gasteiger partial charge in [0.05, 0.1) is 10.6 Å². The lowest BCUT2D eigenvalue weighted by Gasteiger charge is -2.12. The van der Waals surface area contributed by atoms with Crippen LogP contribution in [0, 0.1) is 11.7 Å². The van der Waals surface area contributed by atoms with Gasteiger partial charge in [-0.1, -0.05) is 42.5 Å². The van der Waals surface area contributed by atoms with Crippen molar-refractivity contribution in [1.82, 2.24) is 0 Å². The van der Waals surface area contributed by atoms with Crippen LogP contribution in [0.2, 0.25) is 0 Å². The zero-order valence-corrected chi connectivity index (χ0v) is 11.8. The Morgan fingerprint density at radius 2 is 1.84 bits per heavy atom. The average molecular weight is 321 g/mol. The van der Waals surface area contributed by atoms with Gasteiger partial charge in [-0.3, -0.25) is 0 Å². The highest BCUT2D eigenvalue weighted by Gasteiger charge is 2.44. The highest BCUT2D eigenvalue weighted by molar-refractivity contribution is 9.10. The molecule has 0 saturated heterocycles. The van der Waals surface area contributed by atoms with Crippen LogP contribution in [0.15, 0.2) is 53.0 Å². The Morgan fingerprint density at radius 3 is 2.58 bits per heavy atom. The van der Waals surface area contributed by atoms with Crippen LogP contribution < -0.4 is 0 Å². The van der Waals surface area contributed by atoms with Crippen molar-refractivity contribution in [2.75, 3.05) is 0 Å². The first-order valence-electron chi connectivity index (χ1n) is 6.35. The minimum Gasteiger partial charge on any atom is -0.388 e. The maximum atomic E-state index is 14.0. The maximum Gasteiger partial charge on any atom is 0.143 e. The second-order valence-electron chi connectivity index (χ2n) is 5.00. The highest BCUT2D eigenvalue weighted by atomic mass is 79.9. The molecule has 3 unspecified atom stereocenters. The number of benzene rings is 2. The summed E-state index contributed by atoms with van der Waals surface area (Å²) in [4.78, 5) is 0. The van der Waals surface area contributed by atoms with Crippen LogP contribution >= 0.6 is 15.9 Å². The number of aliphatic hydroxyl groups is 1. The van der Waals surface area contributed by atoms with Crippen LogP contribution in [0.1, 0.15) is 29.6 Å². The number of hydrogen-bond acceptors (Lipinski definition) is 1. The van der Waals surface area contributed by atoms with E-state index in [0.29, 0.717) is 16.0 Å². The summed E-state index contributed by atoms with van der Waals surface area (Å²) in [5.41, 5.74) is 1.61. The highest BCUT2D eigenvalue weighted by Crippen LogP contribution is 2.54. The third kappa shape index (κ3) is 2.45. The predicted molar refractivity (Wildman–Crippen MR) is 76.3 cm³/mol. The predicted octanol–water partition coefficient (Wildman–Crippen LogP) is 4.43. The van der Waals surface area contributed by atoms with E-state index in [1.807, 2.05) is 18.2 Å². The molecule has 98 valence electrons. The van der Waals surface area contributed by atoms with Gasteiger partial charge in [-0.15, -0.1) is 0 Å². The summed E-state index contributed by atoms with van der Waals surface area (Å²) in [6.07, 6.45) is 0.180. The van der Waals surface area contributed by atoms with E-state index in [9.17, 15) is 9.50 Å². The minimum absolute atomic E-state index is 0.117. The van der Waals surface area contributed by atoms with Crippen LogP contribution in [0.3, 0.4) is 0 Å². The monoisotopic (exact) mass is 320 g/mol. The summed E-state index contributed by atoms with van der Waals surface area (Å²) in [5, 5.41) is 10.3. The number of hydrogen-bond donors (Lipinski definition) is 1. The maximum absolute atomic E-state index is 14.0. The van der Waals surface area contributed by atoms with Gasteiger partial charge < -0.3 is 5.11 Å². The molecule has 1 N–H and O–H groups in total. The Kier molecular flexibility index (Phi) is 3.42. The van der Waals surface area contributed by atoms with Crippen molar-refractivity contribution in [3.05, 3.63) is 69.9 Å². The molecule has 3 rings (SSSR count). The SMILES string of the molecule is OC(c1cccc(Br)c1F)C1CC1c1ccccc1. The number of halogens is 2. The Morgan fingerprint density at radius 1 is 1.11 bits per heavy atom. The average Bonchev–Trinajstić information content (AvgIpc) is 3.22. The summed E-state index contributed by atoms with van der Waals surface area (Å²) in [5.74, 6) is 0.106. The fourth-order valence-electron chi connectivity index (χ4n) is 2.63. The lowest BCUT2D eigenvalue weighted by molar-refractivity contribution is 0.146. The molecule has 0 spiro atoms. The van der Waals surface area contributed by atoms with E-state index in [0.717, 1.165) is 6.42 Å². The molecule has 1 saturated carbocycles. The Labute approximate surface area is 120 Å². The van der Waals surface area contributed by atoms with Crippen molar-refractivity contribution in [2.45, 2.75) is 18.4 Å². The van der Waals surface area contributed by atoms with Crippen LogP contribution in [0.25, 0.3) is 0 Å². The van der Waals surface area contributed by atoms with E-state index >= 15 is 0 Å². The van der Waals surface area contributed by atoms with Crippen molar-refractivity contribution < 1.29 is 9.50 Å².